The Balaban J connectivity index is 2.33. The van der Waals surface area contributed by atoms with Gasteiger partial charge in [-0.25, -0.2) is 0 Å². The van der Waals surface area contributed by atoms with E-state index < -0.39 is 0 Å². The van der Waals surface area contributed by atoms with Gasteiger partial charge in [0.15, 0.2) is 0 Å². The SMILES string of the molecule is CCCCN(C)C(=O)c1cccc2nccnc12. The van der Waals surface area contributed by atoms with Gasteiger partial charge in [-0.2, -0.15) is 0 Å². The number of unbranched alkanes of at least 4 members (excludes halogenated alkanes) is 1. The number of hydrogen-bond donors (Lipinski definition) is 0. The van der Waals surface area contributed by atoms with E-state index in [0.29, 0.717) is 11.1 Å². The van der Waals surface area contributed by atoms with Gasteiger partial charge in [0, 0.05) is 26.0 Å². The molecule has 0 aliphatic heterocycles. The monoisotopic (exact) mass is 243 g/mol. The van der Waals surface area contributed by atoms with E-state index >= 15 is 0 Å². The predicted molar refractivity (Wildman–Crippen MR) is 71.4 cm³/mol. The number of fused-ring (bicyclic) bond motifs is 1. The van der Waals surface area contributed by atoms with Gasteiger partial charge in [-0.15, -0.1) is 0 Å². The van der Waals surface area contributed by atoms with E-state index in [4.69, 9.17) is 0 Å². The van der Waals surface area contributed by atoms with Crippen LogP contribution in [0.15, 0.2) is 30.6 Å². The molecule has 1 amide bonds. The van der Waals surface area contributed by atoms with Crippen LogP contribution in [0.4, 0.5) is 0 Å². The second-order valence-electron chi connectivity index (χ2n) is 4.31. The van der Waals surface area contributed by atoms with Gasteiger partial charge in [-0.1, -0.05) is 19.4 Å². The zero-order valence-electron chi connectivity index (χ0n) is 10.8. The first-order valence-electron chi connectivity index (χ1n) is 6.19. The fourth-order valence-corrected chi connectivity index (χ4v) is 1.87. The lowest BCUT2D eigenvalue weighted by Crippen LogP contribution is -2.28. The quantitative estimate of drug-likeness (QED) is 0.828. The molecule has 0 aliphatic carbocycles. The number of aromatic nitrogens is 2. The van der Waals surface area contributed by atoms with Crippen LogP contribution in [-0.4, -0.2) is 34.4 Å². The van der Waals surface area contributed by atoms with Gasteiger partial charge in [0.1, 0.15) is 5.52 Å². The number of benzene rings is 1. The number of carbonyl (C=O) groups is 1. The van der Waals surface area contributed by atoms with Crippen LogP contribution in [-0.2, 0) is 0 Å². The van der Waals surface area contributed by atoms with E-state index in [2.05, 4.69) is 16.9 Å². The zero-order valence-corrected chi connectivity index (χ0v) is 10.8. The molecule has 1 aromatic heterocycles. The molecule has 0 fully saturated rings. The predicted octanol–water partition coefficient (Wildman–Crippen LogP) is 2.50. The first-order chi connectivity index (χ1) is 8.74. The second-order valence-corrected chi connectivity index (χ2v) is 4.31. The fourth-order valence-electron chi connectivity index (χ4n) is 1.87. The second kappa shape index (κ2) is 5.58. The molecule has 0 bridgehead atoms. The molecule has 0 saturated carbocycles. The summed E-state index contributed by atoms with van der Waals surface area (Å²) in [4.78, 5) is 22.5. The summed E-state index contributed by atoms with van der Waals surface area (Å²) >= 11 is 0. The minimum Gasteiger partial charge on any atom is -0.342 e. The smallest absolute Gasteiger partial charge is 0.255 e. The summed E-state index contributed by atoms with van der Waals surface area (Å²) in [7, 11) is 1.83. The van der Waals surface area contributed by atoms with E-state index in [-0.39, 0.29) is 5.91 Å². The molecular formula is C14H17N3O. The third kappa shape index (κ3) is 2.47. The maximum atomic E-state index is 12.3. The molecule has 0 aliphatic rings. The first kappa shape index (κ1) is 12.5. The van der Waals surface area contributed by atoms with Crippen LogP contribution in [0.3, 0.4) is 0 Å². The summed E-state index contributed by atoms with van der Waals surface area (Å²) in [6, 6.07) is 5.52. The fraction of sp³-hybridized carbons (Fsp3) is 0.357. The number of carbonyl (C=O) groups excluding carboxylic acids is 1. The van der Waals surface area contributed by atoms with Gasteiger partial charge in [0.05, 0.1) is 11.1 Å². The van der Waals surface area contributed by atoms with Crippen molar-refractivity contribution in [3.05, 3.63) is 36.2 Å². The Hall–Kier alpha value is -1.97. The summed E-state index contributed by atoms with van der Waals surface area (Å²) in [5.74, 6) is 0.00884. The number of para-hydroxylation sites is 1. The van der Waals surface area contributed by atoms with Gasteiger partial charge < -0.3 is 4.90 Å². The minimum atomic E-state index is 0.00884. The highest BCUT2D eigenvalue weighted by Gasteiger charge is 2.15. The van der Waals surface area contributed by atoms with Crippen molar-refractivity contribution in [2.75, 3.05) is 13.6 Å². The van der Waals surface area contributed by atoms with Crippen molar-refractivity contribution in [2.24, 2.45) is 0 Å². The Morgan fingerprint density at radius 1 is 1.28 bits per heavy atom. The molecule has 0 atom stereocenters. The van der Waals surface area contributed by atoms with Crippen LogP contribution < -0.4 is 0 Å². The molecule has 2 rings (SSSR count). The first-order valence-corrected chi connectivity index (χ1v) is 6.19. The summed E-state index contributed by atoms with van der Waals surface area (Å²) in [6.07, 6.45) is 5.34. The normalized spacial score (nSPS) is 10.6. The van der Waals surface area contributed by atoms with Crippen LogP contribution in [0.1, 0.15) is 30.1 Å². The molecule has 0 saturated heterocycles. The van der Waals surface area contributed by atoms with Gasteiger partial charge >= 0.3 is 0 Å². The Morgan fingerprint density at radius 2 is 2.06 bits per heavy atom. The molecule has 4 nitrogen and oxygen atoms in total. The van der Waals surface area contributed by atoms with E-state index in [9.17, 15) is 4.79 Å². The van der Waals surface area contributed by atoms with Crippen LogP contribution in [0.25, 0.3) is 11.0 Å². The average molecular weight is 243 g/mol. The Labute approximate surface area is 107 Å². The molecule has 0 unspecified atom stereocenters. The average Bonchev–Trinajstić information content (AvgIpc) is 2.43. The third-order valence-corrected chi connectivity index (χ3v) is 2.92. The molecule has 0 spiro atoms. The maximum Gasteiger partial charge on any atom is 0.255 e. The Morgan fingerprint density at radius 3 is 2.83 bits per heavy atom. The summed E-state index contributed by atoms with van der Waals surface area (Å²) in [5, 5.41) is 0. The lowest BCUT2D eigenvalue weighted by atomic mass is 10.1. The summed E-state index contributed by atoms with van der Waals surface area (Å²) < 4.78 is 0. The number of hydrogen-bond acceptors (Lipinski definition) is 3. The summed E-state index contributed by atoms with van der Waals surface area (Å²) in [5.41, 5.74) is 2.06. The Kier molecular flexibility index (Phi) is 3.87. The van der Waals surface area contributed by atoms with Crippen LogP contribution in [0.2, 0.25) is 0 Å². The summed E-state index contributed by atoms with van der Waals surface area (Å²) in [6.45, 7) is 2.88. The lowest BCUT2D eigenvalue weighted by Gasteiger charge is -2.17. The van der Waals surface area contributed by atoms with E-state index in [1.54, 1.807) is 17.3 Å². The van der Waals surface area contributed by atoms with Crippen molar-refractivity contribution in [1.29, 1.82) is 0 Å². The lowest BCUT2D eigenvalue weighted by molar-refractivity contribution is 0.0795. The van der Waals surface area contributed by atoms with Crippen molar-refractivity contribution >= 4 is 16.9 Å². The molecule has 2 aromatic rings. The Bertz CT molecular complexity index is 548. The molecule has 94 valence electrons. The van der Waals surface area contributed by atoms with Crippen molar-refractivity contribution in [1.82, 2.24) is 14.9 Å². The standard InChI is InChI=1S/C14H17N3O/c1-3-4-10-17(2)14(18)11-6-5-7-12-13(11)16-9-8-15-12/h5-9H,3-4,10H2,1-2H3. The largest absolute Gasteiger partial charge is 0.342 e. The molecule has 1 heterocycles. The van der Waals surface area contributed by atoms with Crippen molar-refractivity contribution in [3.8, 4) is 0 Å². The zero-order chi connectivity index (χ0) is 13.0. The number of rotatable bonds is 4. The van der Waals surface area contributed by atoms with Crippen LogP contribution in [0.5, 0.6) is 0 Å². The van der Waals surface area contributed by atoms with Gasteiger partial charge in [-0.05, 0) is 18.6 Å². The van der Waals surface area contributed by atoms with Crippen molar-refractivity contribution < 1.29 is 4.79 Å². The highest BCUT2D eigenvalue weighted by Crippen LogP contribution is 2.15. The molecular weight excluding hydrogens is 226 g/mol. The third-order valence-electron chi connectivity index (χ3n) is 2.92. The minimum absolute atomic E-state index is 0.00884. The van der Waals surface area contributed by atoms with E-state index in [1.807, 2.05) is 25.2 Å². The molecule has 4 heteroatoms. The number of nitrogens with zero attached hydrogens (tertiary/aromatic N) is 3. The maximum absolute atomic E-state index is 12.3. The number of amides is 1. The molecule has 0 N–H and O–H groups in total. The highest BCUT2D eigenvalue weighted by molar-refractivity contribution is 6.04. The topological polar surface area (TPSA) is 46.1 Å². The van der Waals surface area contributed by atoms with E-state index in [0.717, 1.165) is 24.9 Å². The van der Waals surface area contributed by atoms with Gasteiger partial charge in [0.2, 0.25) is 0 Å². The van der Waals surface area contributed by atoms with Crippen molar-refractivity contribution in [3.63, 3.8) is 0 Å². The molecule has 0 radical (unpaired) electrons. The van der Waals surface area contributed by atoms with Crippen LogP contribution >= 0.6 is 0 Å². The molecule has 18 heavy (non-hydrogen) atoms. The van der Waals surface area contributed by atoms with E-state index in [1.165, 1.54) is 0 Å². The van der Waals surface area contributed by atoms with Gasteiger partial charge in [-0.3, -0.25) is 14.8 Å². The molecule has 1 aromatic carbocycles. The van der Waals surface area contributed by atoms with Crippen molar-refractivity contribution in [2.45, 2.75) is 19.8 Å². The highest BCUT2D eigenvalue weighted by atomic mass is 16.2. The van der Waals surface area contributed by atoms with Gasteiger partial charge in [0.25, 0.3) is 5.91 Å². The van der Waals surface area contributed by atoms with Crippen LogP contribution in [0, 0.1) is 0 Å².